The lowest BCUT2D eigenvalue weighted by Gasteiger charge is -1.92. The molecule has 0 aliphatic rings. The van der Waals surface area contributed by atoms with E-state index in [2.05, 4.69) is 9.97 Å². The Bertz CT molecular complexity index is 554. The zero-order chi connectivity index (χ0) is 11.0. The van der Waals surface area contributed by atoms with Crippen LogP contribution in [0.25, 0.3) is 11.0 Å². The minimum atomic E-state index is -0.986. The Kier molecular flexibility index (Phi) is 2.12. The van der Waals surface area contributed by atoms with E-state index in [4.69, 9.17) is 5.26 Å². The van der Waals surface area contributed by atoms with Gasteiger partial charge in [0.05, 0.1) is 11.6 Å². The minimum Gasteiger partial charge on any atom is -0.341 e. The summed E-state index contributed by atoms with van der Waals surface area (Å²) in [5, 5.41) is 8.66. The lowest BCUT2D eigenvalue weighted by Crippen LogP contribution is -1.91. The second-order valence-corrected chi connectivity index (χ2v) is 3.23. The Morgan fingerprint density at radius 2 is 2.20 bits per heavy atom. The second-order valence-electron chi connectivity index (χ2n) is 3.23. The van der Waals surface area contributed by atoms with Gasteiger partial charge >= 0.3 is 0 Å². The predicted octanol–water partition coefficient (Wildman–Crippen LogP) is 2.47. The molecule has 0 aliphatic carbocycles. The number of fused-ring (bicyclic) bond motifs is 1. The van der Waals surface area contributed by atoms with Gasteiger partial charge in [-0.2, -0.15) is 5.26 Å². The molecule has 0 aliphatic heterocycles. The van der Waals surface area contributed by atoms with Gasteiger partial charge in [0, 0.05) is 0 Å². The van der Waals surface area contributed by atoms with Gasteiger partial charge in [0.15, 0.2) is 11.6 Å². The standard InChI is InChI=1S/C10H7F2N3/c1-5(4-13)10-14-7-3-2-6(11)8(12)9(7)15-10/h2-3,5H,1H3,(H,14,15). The number of halogens is 2. The molecular formula is C10H7F2N3. The summed E-state index contributed by atoms with van der Waals surface area (Å²) in [5.41, 5.74) is 0.332. The molecule has 3 nitrogen and oxygen atoms in total. The van der Waals surface area contributed by atoms with Gasteiger partial charge in [-0.05, 0) is 19.1 Å². The van der Waals surface area contributed by atoms with Crippen LogP contribution in [0.1, 0.15) is 18.7 Å². The van der Waals surface area contributed by atoms with Crippen molar-refractivity contribution >= 4 is 11.0 Å². The maximum Gasteiger partial charge on any atom is 0.186 e. The number of nitriles is 1. The molecule has 2 rings (SSSR count). The number of aromatic amines is 1. The number of imidazole rings is 1. The van der Waals surface area contributed by atoms with Crippen LogP contribution >= 0.6 is 0 Å². The van der Waals surface area contributed by atoms with Crippen LogP contribution in [0.3, 0.4) is 0 Å². The highest BCUT2D eigenvalue weighted by Crippen LogP contribution is 2.21. The smallest absolute Gasteiger partial charge is 0.186 e. The van der Waals surface area contributed by atoms with Crippen LogP contribution in [0.4, 0.5) is 8.78 Å². The van der Waals surface area contributed by atoms with Gasteiger partial charge in [0.2, 0.25) is 0 Å². The number of nitrogens with zero attached hydrogens (tertiary/aromatic N) is 2. The summed E-state index contributed by atoms with van der Waals surface area (Å²) in [6.07, 6.45) is 0. The van der Waals surface area contributed by atoms with Crippen LogP contribution in [0.15, 0.2) is 12.1 Å². The SMILES string of the molecule is CC(C#N)c1nc2c(F)c(F)ccc2[nH]1. The summed E-state index contributed by atoms with van der Waals surface area (Å²) in [4.78, 5) is 6.62. The molecule has 1 N–H and O–H groups in total. The maximum atomic E-state index is 13.2. The van der Waals surface area contributed by atoms with E-state index in [1.165, 1.54) is 6.07 Å². The fourth-order valence-corrected chi connectivity index (χ4v) is 1.30. The van der Waals surface area contributed by atoms with Crippen molar-refractivity contribution < 1.29 is 8.78 Å². The lowest BCUT2D eigenvalue weighted by molar-refractivity contribution is 0.515. The normalized spacial score (nSPS) is 12.7. The summed E-state index contributed by atoms with van der Waals surface area (Å²) in [6, 6.07) is 4.39. The van der Waals surface area contributed by atoms with Crippen LogP contribution in [0.2, 0.25) is 0 Å². The predicted molar refractivity (Wildman–Crippen MR) is 50.0 cm³/mol. The first kappa shape index (κ1) is 9.59. The molecule has 0 saturated heterocycles. The van der Waals surface area contributed by atoms with E-state index < -0.39 is 17.6 Å². The molecule has 0 radical (unpaired) electrons. The Labute approximate surface area is 84.4 Å². The van der Waals surface area contributed by atoms with E-state index in [9.17, 15) is 8.78 Å². The molecule has 0 fully saturated rings. The first-order valence-corrected chi connectivity index (χ1v) is 4.36. The average Bonchev–Trinajstić information content (AvgIpc) is 2.67. The summed E-state index contributed by atoms with van der Waals surface area (Å²) < 4.78 is 26.1. The van der Waals surface area contributed by atoms with Crippen LogP contribution in [0, 0.1) is 23.0 Å². The van der Waals surface area contributed by atoms with Gasteiger partial charge in [-0.1, -0.05) is 0 Å². The van der Waals surface area contributed by atoms with Gasteiger partial charge in [0.1, 0.15) is 17.3 Å². The molecule has 1 aromatic heterocycles. The summed E-state index contributed by atoms with van der Waals surface area (Å²) in [6.45, 7) is 1.63. The number of H-pyrrole nitrogens is 1. The number of hydrogen-bond acceptors (Lipinski definition) is 2. The van der Waals surface area contributed by atoms with Crippen LogP contribution in [-0.4, -0.2) is 9.97 Å². The van der Waals surface area contributed by atoms with Crippen LogP contribution in [-0.2, 0) is 0 Å². The molecule has 0 amide bonds. The molecule has 0 bridgehead atoms. The summed E-state index contributed by atoms with van der Waals surface area (Å²) in [7, 11) is 0. The first-order valence-electron chi connectivity index (χ1n) is 4.36. The molecule has 0 saturated carbocycles. The van der Waals surface area contributed by atoms with Crippen molar-refractivity contribution in [1.82, 2.24) is 9.97 Å². The summed E-state index contributed by atoms with van der Waals surface area (Å²) >= 11 is 0. The topological polar surface area (TPSA) is 52.5 Å². The molecule has 76 valence electrons. The number of nitrogens with one attached hydrogen (secondary N) is 1. The van der Waals surface area contributed by atoms with Gasteiger partial charge in [-0.15, -0.1) is 0 Å². The lowest BCUT2D eigenvalue weighted by atomic mass is 10.2. The van der Waals surface area contributed by atoms with E-state index in [0.29, 0.717) is 11.3 Å². The van der Waals surface area contributed by atoms with E-state index in [-0.39, 0.29) is 5.52 Å². The van der Waals surface area contributed by atoms with Crippen molar-refractivity contribution in [2.24, 2.45) is 0 Å². The number of hydrogen-bond donors (Lipinski definition) is 1. The third kappa shape index (κ3) is 1.44. The van der Waals surface area contributed by atoms with Crippen molar-refractivity contribution in [2.45, 2.75) is 12.8 Å². The maximum absolute atomic E-state index is 13.2. The second kappa shape index (κ2) is 3.31. The Balaban J connectivity index is 2.67. The van der Waals surface area contributed by atoms with E-state index in [1.54, 1.807) is 6.92 Å². The molecule has 0 spiro atoms. The molecular weight excluding hydrogens is 200 g/mol. The Morgan fingerprint density at radius 1 is 1.47 bits per heavy atom. The van der Waals surface area contributed by atoms with E-state index in [0.717, 1.165) is 6.07 Å². The molecule has 1 unspecified atom stereocenters. The first-order chi connectivity index (χ1) is 7.13. The number of rotatable bonds is 1. The van der Waals surface area contributed by atoms with Crippen LogP contribution < -0.4 is 0 Å². The van der Waals surface area contributed by atoms with Crippen molar-refractivity contribution in [2.75, 3.05) is 0 Å². The highest BCUT2D eigenvalue weighted by molar-refractivity contribution is 5.76. The zero-order valence-electron chi connectivity index (χ0n) is 7.88. The van der Waals surface area contributed by atoms with Gasteiger partial charge in [-0.3, -0.25) is 0 Å². The van der Waals surface area contributed by atoms with Gasteiger partial charge in [-0.25, -0.2) is 13.8 Å². The molecule has 15 heavy (non-hydrogen) atoms. The van der Waals surface area contributed by atoms with E-state index in [1.807, 2.05) is 6.07 Å². The zero-order valence-corrected chi connectivity index (χ0v) is 7.88. The van der Waals surface area contributed by atoms with Crippen molar-refractivity contribution in [3.05, 3.63) is 29.6 Å². The van der Waals surface area contributed by atoms with Crippen molar-refractivity contribution in [1.29, 1.82) is 5.26 Å². The quantitative estimate of drug-likeness (QED) is 0.780. The average molecular weight is 207 g/mol. The molecule has 1 aromatic carbocycles. The molecule has 1 atom stereocenters. The molecule has 5 heteroatoms. The van der Waals surface area contributed by atoms with Crippen molar-refractivity contribution in [3.8, 4) is 6.07 Å². The monoisotopic (exact) mass is 207 g/mol. The fraction of sp³-hybridized carbons (Fsp3) is 0.200. The highest BCUT2D eigenvalue weighted by Gasteiger charge is 2.14. The van der Waals surface area contributed by atoms with E-state index >= 15 is 0 Å². The number of benzene rings is 1. The Hall–Kier alpha value is -1.96. The molecule has 2 aromatic rings. The third-order valence-corrected chi connectivity index (χ3v) is 2.17. The number of aromatic nitrogens is 2. The third-order valence-electron chi connectivity index (χ3n) is 2.17. The molecule has 1 heterocycles. The van der Waals surface area contributed by atoms with Crippen molar-refractivity contribution in [3.63, 3.8) is 0 Å². The highest BCUT2D eigenvalue weighted by atomic mass is 19.2. The van der Waals surface area contributed by atoms with Gasteiger partial charge in [0.25, 0.3) is 0 Å². The Morgan fingerprint density at radius 3 is 2.87 bits per heavy atom. The van der Waals surface area contributed by atoms with Crippen LogP contribution in [0.5, 0.6) is 0 Å². The van der Waals surface area contributed by atoms with Gasteiger partial charge < -0.3 is 4.98 Å². The largest absolute Gasteiger partial charge is 0.341 e. The summed E-state index contributed by atoms with van der Waals surface area (Å²) in [5.74, 6) is -2.05. The fourth-order valence-electron chi connectivity index (χ4n) is 1.30. The minimum absolute atomic E-state index is 0.0629.